The number of rotatable bonds is 3. The number of nitrogens with zero attached hydrogens (tertiary/aromatic N) is 2. The van der Waals surface area contributed by atoms with Gasteiger partial charge in [-0.3, -0.25) is 9.59 Å². The third kappa shape index (κ3) is 2.77. The van der Waals surface area contributed by atoms with Crippen LogP contribution in [0.1, 0.15) is 11.3 Å². The van der Waals surface area contributed by atoms with Crippen molar-refractivity contribution in [2.24, 2.45) is 7.05 Å². The molecular weight excluding hydrogens is 328 g/mol. The van der Waals surface area contributed by atoms with Crippen LogP contribution in [-0.2, 0) is 13.6 Å². The summed E-state index contributed by atoms with van der Waals surface area (Å²) in [5.41, 5.74) is 1.06. The normalized spacial score (nSPS) is 10.5. The number of para-hydroxylation sites is 1. The second-order valence-corrected chi connectivity index (χ2v) is 5.70. The molecule has 0 unspecified atom stereocenters. The minimum absolute atomic E-state index is 0.179. The van der Waals surface area contributed by atoms with E-state index in [0.717, 1.165) is 5.39 Å². The molecule has 0 bridgehead atoms. The second kappa shape index (κ2) is 6.22. The molecule has 0 saturated carbocycles. The fourth-order valence-corrected chi connectivity index (χ4v) is 2.67. The van der Waals surface area contributed by atoms with Gasteiger partial charge in [-0.15, -0.1) is 0 Å². The summed E-state index contributed by atoms with van der Waals surface area (Å²) in [7, 11) is 1.52. The van der Waals surface area contributed by atoms with Gasteiger partial charge >= 0.3 is 0 Å². The number of hydrogen-bond acceptors (Lipinski definition) is 4. The zero-order valence-electron chi connectivity index (χ0n) is 12.8. The Kier molecular flexibility index (Phi) is 4.11. The number of H-pyrrole nitrogens is 1. The Labute approximate surface area is 141 Å². The summed E-state index contributed by atoms with van der Waals surface area (Å²) < 4.78 is 1.26. The van der Waals surface area contributed by atoms with Crippen LogP contribution >= 0.6 is 11.6 Å². The first-order valence-electron chi connectivity index (χ1n) is 7.15. The Bertz CT molecular complexity index is 1090. The summed E-state index contributed by atoms with van der Waals surface area (Å²) in [6, 6.07) is 12.1. The summed E-state index contributed by atoms with van der Waals surface area (Å²) in [5, 5.41) is 13.1. The number of benzene rings is 1. The Hall–Kier alpha value is -3.04. The topological polar surface area (TPSA) is 90.7 Å². The van der Waals surface area contributed by atoms with Crippen molar-refractivity contribution in [3.8, 4) is 6.07 Å². The summed E-state index contributed by atoms with van der Waals surface area (Å²) in [5.74, 6) is 0. The van der Waals surface area contributed by atoms with Gasteiger partial charge in [0.1, 0.15) is 17.5 Å². The Morgan fingerprint density at radius 1 is 1.29 bits per heavy atom. The van der Waals surface area contributed by atoms with Crippen molar-refractivity contribution in [1.29, 1.82) is 5.26 Å². The Morgan fingerprint density at radius 3 is 2.83 bits per heavy atom. The maximum absolute atomic E-state index is 12.2. The molecule has 2 aromatic heterocycles. The highest BCUT2D eigenvalue weighted by Crippen LogP contribution is 2.20. The number of halogens is 1. The number of pyridine rings is 2. The molecule has 120 valence electrons. The molecule has 6 nitrogen and oxygen atoms in total. The first kappa shape index (κ1) is 15.8. The SMILES string of the molecule is Cn1c(C#N)ccc(NCc2cc3cccc(Cl)c3[nH]c2=O)c1=O. The van der Waals surface area contributed by atoms with E-state index in [1.165, 1.54) is 17.7 Å². The highest BCUT2D eigenvalue weighted by Gasteiger charge is 2.08. The van der Waals surface area contributed by atoms with Gasteiger partial charge in [-0.2, -0.15) is 5.26 Å². The third-order valence-corrected chi connectivity index (χ3v) is 4.11. The minimum Gasteiger partial charge on any atom is -0.376 e. The first-order valence-corrected chi connectivity index (χ1v) is 7.53. The second-order valence-electron chi connectivity index (χ2n) is 5.29. The lowest BCUT2D eigenvalue weighted by atomic mass is 10.1. The van der Waals surface area contributed by atoms with Crippen LogP contribution in [-0.4, -0.2) is 9.55 Å². The summed E-state index contributed by atoms with van der Waals surface area (Å²) in [6.07, 6.45) is 0. The average Bonchev–Trinajstić information content (AvgIpc) is 2.57. The molecular formula is C17H13ClN4O2. The van der Waals surface area contributed by atoms with Gasteiger partial charge < -0.3 is 14.9 Å². The standard InChI is InChI=1S/C17H13ClN4O2/c1-22-12(8-19)5-6-14(17(22)24)20-9-11-7-10-3-2-4-13(18)15(10)21-16(11)23/h2-7,20H,9H2,1H3,(H,21,23). The Balaban J connectivity index is 1.93. The van der Waals surface area contributed by atoms with Gasteiger partial charge in [0, 0.05) is 24.5 Å². The largest absolute Gasteiger partial charge is 0.376 e. The van der Waals surface area contributed by atoms with Crippen LogP contribution in [0.3, 0.4) is 0 Å². The average molecular weight is 341 g/mol. The minimum atomic E-state index is -0.325. The van der Waals surface area contributed by atoms with Crippen molar-refractivity contribution in [3.05, 3.63) is 73.4 Å². The quantitative estimate of drug-likeness (QED) is 0.765. The van der Waals surface area contributed by atoms with E-state index in [0.29, 0.717) is 21.8 Å². The van der Waals surface area contributed by atoms with E-state index in [1.807, 2.05) is 12.1 Å². The van der Waals surface area contributed by atoms with Crippen LogP contribution in [0.2, 0.25) is 5.02 Å². The van der Waals surface area contributed by atoms with Crippen LogP contribution in [0.4, 0.5) is 5.69 Å². The lowest BCUT2D eigenvalue weighted by Crippen LogP contribution is -2.24. The fraction of sp³-hybridized carbons (Fsp3) is 0.118. The van der Waals surface area contributed by atoms with Gasteiger partial charge in [-0.25, -0.2) is 0 Å². The molecule has 2 N–H and O–H groups in total. The maximum atomic E-state index is 12.2. The van der Waals surface area contributed by atoms with Crippen molar-refractivity contribution in [2.75, 3.05) is 5.32 Å². The first-order chi connectivity index (χ1) is 11.5. The zero-order valence-corrected chi connectivity index (χ0v) is 13.5. The predicted molar refractivity (Wildman–Crippen MR) is 93.3 cm³/mol. The van der Waals surface area contributed by atoms with Crippen LogP contribution < -0.4 is 16.4 Å². The Morgan fingerprint density at radius 2 is 2.08 bits per heavy atom. The number of anilines is 1. The van der Waals surface area contributed by atoms with Gasteiger partial charge in [-0.05, 0) is 24.3 Å². The highest BCUT2D eigenvalue weighted by atomic mass is 35.5. The lowest BCUT2D eigenvalue weighted by Gasteiger charge is -2.09. The number of aromatic amines is 1. The lowest BCUT2D eigenvalue weighted by molar-refractivity contribution is 0.841. The molecule has 0 atom stereocenters. The van der Waals surface area contributed by atoms with Gasteiger partial charge in [0.2, 0.25) is 0 Å². The van der Waals surface area contributed by atoms with Gasteiger partial charge in [0.05, 0.1) is 10.5 Å². The monoisotopic (exact) mass is 340 g/mol. The van der Waals surface area contributed by atoms with Crippen molar-refractivity contribution < 1.29 is 0 Å². The molecule has 1 aromatic carbocycles. The molecule has 24 heavy (non-hydrogen) atoms. The molecule has 0 spiro atoms. The van der Waals surface area contributed by atoms with Crippen LogP contribution in [0.5, 0.6) is 0 Å². The molecule has 7 heteroatoms. The summed E-state index contributed by atoms with van der Waals surface area (Å²) >= 11 is 6.06. The number of nitrogens with one attached hydrogen (secondary N) is 2. The van der Waals surface area contributed by atoms with Crippen LogP contribution in [0.15, 0.2) is 46.0 Å². The smallest absolute Gasteiger partial charge is 0.274 e. The molecule has 0 aliphatic carbocycles. The summed E-state index contributed by atoms with van der Waals surface area (Å²) in [4.78, 5) is 27.1. The number of aromatic nitrogens is 2. The van der Waals surface area contributed by atoms with E-state index in [1.54, 1.807) is 24.3 Å². The molecule has 2 heterocycles. The van der Waals surface area contributed by atoms with Crippen LogP contribution in [0.25, 0.3) is 10.9 Å². The molecule has 3 rings (SSSR count). The van der Waals surface area contributed by atoms with E-state index in [9.17, 15) is 9.59 Å². The van der Waals surface area contributed by atoms with E-state index in [2.05, 4.69) is 10.3 Å². The molecule has 0 aliphatic heterocycles. The van der Waals surface area contributed by atoms with E-state index in [-0.39, 0.29) is 23.4 Å². The van der Waals surface area contributed by atoms with E-state index < -0.39 is 0 Å². The van der Waals surface area contributed by atoms with E-state index in [4.69, 9.17) is 16.9 Å². The third-order valence-electron chi connectivity index (χ3n) is 3.79. The molecule has 0 fully saturated rings. The molecule has 0 saturated heterocycles. The molecule has 0 radical (unpaired) electrons. The number of hydrogen-bond donors (Lipinski definition) is 2. The van der Waals surface area contributed by atoms with Gasteiger partial charge in [0.15, 0.2) is 0 Å². The van der Waals surface area contributed by atoms with Crippen molar-refractivity contribution in [3.63, 3.8) is 0 Å². The van der Waals surface area contributed by atoms with Crippen molar-refractivity contribution in [1.82, 2.24) is 9.55 Å². The molecule has 0 aliphatic rings. The fourth-order valence-electron chi connectivity index (χ4n) is 2.44. The zero-order chi connectivity index (χ0) is 17.3. The van der Waals surface area contributed by atoms with Gasteiger partial charge in [-0.1, -0.05) is 23.7 Å². The molecule has 0 amide bonds. The molecule has 3 aromatic rings. The van der Waals surface area contributed by atoms with Gasteiger partial charge in [0.25, 0.3) is 11.1 Å². The van der Waals surface area contributed by atoms with Crippen molar-refractivity contribution >= 4 is 28.2 Å². The highest BCUT2D eigenvalue weighted by molar-refractivity contribution is 6.35. The maximum Gasteiger partial charge on any atom is 0.274 e. The van der Waals surface area contributed by atoms with E-state index >= 15 is 0 Å². The number of fused-ring (bicyclic) bond motifs is 1. The van der Waals surface area contributed by atoms with Crippen molar-refractivity contribution in [2.45, 2.75) is 6.54 Å². The van der Waals surface area contributed by atoms with Crippen LogP contribution in [0, 0.1) is 11.3 Å². The number of nitriles is 1. The predicted octanol–water partition coefficient (Wildman–Crippen LogP) is 2.36. The summed E-state index contributed by atoms with van der Waals surface area (Å²) in [6.45, 7) is 0.179.